The van der Waals surface area contributed by atoms with Gasteiger partial charge >= 0.3 is 0 Å². The van der Waals surface area contributed by atoms with E-state index in [4.69, 9.17) is 9.47 Å². The van der Waals surface area contributed by atoms with Crippen LogP contribution in [0.15, 0.2) is 52.1 Å². The molecule has 0 fully saturated rings. The molecule has 1 N–H and O–H groups in total. The summed E-state index contributed by atoms with van der Waals surface area (Å²) in [5.74, 6) is 2.51. The van der Waals surface area contributed by atoms with Crippen LogP contribution in [0.3, 0.4) is 0 Å². The predicted octanol–water partition coefficient (Wildman–Crippen LogP) is 4.51. The topological polar surface area (TPSA) is 47.1 Å². The van der Waals surface area contributed by atoms with E-state index in [9.17, 15) is 0 Å². The molecule has 114 valence electrons. The number of imidazole rings is 1. The number of ether oxygens (including phenoxy) is 2. The summed E-state index contributed by atoms with van der Waals surface area (Å²) >= 11 is 5.07. The fourth-order valence-corrected chi connectivity index (χ4v) is 3.10. The second-order valence-corrected chi connectivity index (χ2v) is 6.58. The number of halogens is 1. The van der Waals surface area contributed by atoms with Crippen LogP contribution in [-0.4, -0.2) is 29.4 Å². The van der Waals surface area contributed by atoms with Gasteiger partial charge in [0.1, 0.15) is 11.5 Å². The first-order chi connectivity index (χ1) is 10.7. The van der Waals surface area contributed by atoms with E-state index in [1.165, 1.54) is 0 Å². The Kier molecular flexibility index (Phi) is 4.90. The first kappa shape index (κ1) is 15.2. The van der Waals surface area contributed by atoms with E-state index in [0.717, 1.165) is 37.9 Å². The van der Waals surface area contributed by atoms with Gasteiger partial charge in [-0.05, 0) is 30.3 Å². The maximum atomic E-state index is 5.71. The van der Waals surface area contributed by atoms with Gasteiger partial charge in [-0.3, -0.25) is 0 Å². The highest BCUT2D eigenvalue weighted by Gasteiger charge is 2.05. The lowest BCUT2D eigenvalue weighted by atomic mass is 10.3. The number of nitrogens with one attached hydrogen (secondary N) is 1. The molecular formula is C16H15BrN2O2S. The number of rotatable bonds is 6. The van der Waals surface area contributed by atoms with Gasteiger partial charge in [-0.1, -0.05) is 33.8 Å². The zero-order valence-electron chi connectivity index (χ0n) is 12.0. The van der Waals surface area contributed by atoms with Crippen LogP contribution in [0.1, 0.15) is 0 Å². The van der Waals surface area contributed by atoms with Gasteiger partial charge in [-0.15, -0.1) is 0 Å². The maximum Gasteiger partial charge on any atom is 0.166 e. The van der Waals surface area contributed by atoms with Crippen molar-refractivity contribution in [3.8, 4) is 11.5 Å². The molecule has 0 aliphatic rings. The van der Waals surface area contributed by atoms with Crippen molar-refractivity contribution in [3.05, 3.63) is 46.9 Å². The molecule has 22 heavy (non-hydrogen) atoms. The fourth-order valence-electron chi connectivity index (χ4n) is 2.02. The lowest BCUT2D eigenvalue weighted by molar-refractivity contribution is 0.343. The Morgan fingerprint density at radius 3 is 2.91 bits per heavy atom. The molecule has 1 aromatic heterocycles. The van der Waals surface area contributed by atoms with Gasteiger partial charge in [0, 0.05) is 16.3 Å². The van der Waals surface area contributed by atoms with Crippen molar-refractivity contribution in [3.63, 3.8) is 0 Å². The van der Waals surface area contributed by atoms with Crippen molar-refractivity contribution in [1.29, 1.82) is 0 Å². The Bertz CT molecular complexity index is 776. The van der Waals surface area contributed by atoms with E-state index >= 15 is 0 Å². The van der Waals surface area contributed by atoms with Gasteiger partial charge in [0.2, 0.25) is 0 Å². The Balaban J connectivity index is 1.55. The van der Waals surface area contributed by atoms with Gasteiger partial charge in [0.05, 0.1) is 24.8 Å². The lowest BCUT2D eigenvalue weighted by Gasteiger charge is -2.05. The van der Waals surface area contributed by atoms with Crippen LogP contribution in [0.2, 0.25) is 0 Å². The second-order valence-electron chi connectivity index (χ2n) is 4.58. The molecule has 0 spiro atoms. The molecule has 2 aromatic carbocycles. The summed E-state index contributed by atoms with van der Waals surface area (Å²) in [6.07, 6.45) is 0. The van der Waals surface area contributed by atoms with Crippen molar-refractivity contribution < 1.29 is 9.47 Å². The van der Waals surface area contributed by atoms with Gasteiger partial charge in [-0.2, -0.15) is 0 Å². The molecule has 1 heterocycles. The summed E-state index contributed by atoms with van der Waals surface area (Å²) < 4.78 is 11.9. The summed E-state index contributed by atoms with van der Waals surface area (Å²) in [6, 6.07) is 13.6. The van der Waals surface area contributed by atoms with E-state index < -0.39 is 0 Å². The van der Waals surface area contributed by atoms with Crippen molar-refractivity contribution in [2.24, 2.45) is 0 Å². The Hall–Kier alpha value is -1.66. The van der Waals surface area contributed by atoms with E-state index in [1.54, 1.807) is 18.9 Å². The molecule has 0 radical (unpaired) electrons. The molecule has 0 saturated heterocycles. The third kappa shape index (κ3) is 3.75. The second kappa shape index (κ2) is 7.07. The quantitative estimate of drug-likeness (QED) is 0.506. The molecule has 0 amide bonds. The van der Waals surface area contributed by atoms with Gasteiger partial charge in [0.15, 0.2) is 5.16 Å². The first-order valence-electron chi connectivity index (χ1n) is 6.79. The van der Waals surface area contributed by atoms with Crippen LogP contribution in [0.25, 0.3) is 11.0 Å². The molecule has 6 heteroatoms. The molecule has 3 aromatic rings. The largest absolute Gasteiger partial charge is 0.497 e. The van der Waals surface area contributed by atoms with Crippen LogP contribution in [0.5, 0.6) is 11.5 Å². The van der Waals surface area contributed by atoms with E-state index in [2.05, 4.69) is 25.9 Å². The average molecular weight is 379 g/mol. The summed E-state index contributed by atoms with van der Waals surface area (Å²) in [7, 11) is 1.66. The highest BCUT2D eigenvalue weighted by Crippen LogP contribution is 2.23. The number of hydrogen-bond acceptors (Lipinski definition) is 4. The average Bonchev–Trinajstić information content (AvgIpc) is 2.93. The van der Waals surface area contributed by atoms with Gasteiger partial charge < -0.3 is 14.5 Å². The Morgan fingerprint density at radius 1 is 1.18 bits per heavy atom. The lowest BCUT2D eigenvalue weighted by Crippen LogP contribution is -2.00. The number of aromatic nitrogens is 2. The summed E-state index contributed by atoms with van der Waals surface area (Å²) in [5.41, 5.74) is 1.92. The van der Waals surface area contributed by atoms with Gasteiger partial charge in [-0.25, -0.2) is 4.98 Å². The fraction of sp³-hybridized carbons (Fsp3) is 0.188. The van der Waals surface area contributed by atoms with Gasteiger partial charge in [0.25, 0.3) is 0 Å². The predicted molar refractivity (Wildman–Crippen MR) is 93.0 cm³/mol. The maximum absolute atomic E-state index is 5.71. The zero-order chi connectivity index (χ0) is 15.4. The van der Waals surface area contributed by atoms with E-state index in [1.807, 2.05) is 42.5 Å². The smallest absolute Gasteiger partial charge is 0.166 e. The molecular weight excluding hydrogens is 364 g/mol. The highest BCUT2D eigenvalue weighted by molar-refractivity contribution is 9.10. The monoisotopic (exact) mass is 378 g/mol. The van der Waals surface area contributed by atoms with Crippen LogP contribution in [0, 0.1) is 0 Å². The number of thioether (sulfide) groups is 1. The SMILES string of the molecule is COc1ccc2nc(SCCOc3cccc(Br)c3)[nH]c2c1. The number of methoxy groups -OCH3 is 1. The van der Waals surface area contributed by atoms with Crippen molar-refractivity contribution in [2.75, 3.05) is 19.5 Å². The first-order valence-corrected chi connectivity index (χ1v) is 8.57. The van der Waals surface area contributed by atoms with Crippen molar-refractivity contribution >= 4 is 38.7 Å². The van der Waals surface area contributed by atoms with Crippen molar-refractivity contribution in [1.82, 2.24) is 9.97 Å². The standard InChI is InChI=1S/C16H15BrN2O2S/c1-20-12-5-6-14-15(10-12)19-16(18-14)22-8-7-21-13-4-2-3-11(17)9-13/h2-6,9-10H,7-8H2,1H3,(H,18,19). The summed E-state index contributed by atoms with van der Waals surface area (Å²) in [4.78, 5) is 7.82. The Morgan fingerprint density at radius 2 is 2.09 bits per heavy atom. The van der Waals surface area contributed by atoms with E-state index in [-0.39, 0.29) is 0 Å². The highest BCUT2D eigenvalue weighted by atomic mass is 79.9. The minimum atomic E-state index is 0.626. The molecule has 0 atom stereocenters. The third-order valence-corrected chi connectivity index (χ3v) is 4.39. The van der Waals surface area contributed by atoms with Crippen LogP contribution < -0.4 is 9.47 Å². The Labute approximate surface area is 141 Å². The van der Waals surface area contributed by atoms with E-state index in [0.29, 0.717) is 6.61 Å². The van der Waals surface area contributed by atoms with Crippen LogP contribution in [0.4, 0.5) is 0 Å². The minimum absolute atomic E-state index is 0.626. The normalized spacial score (nSPS) is 10.8. The molecule has 0 aliphatic carbocycles. The number of aromatic amines is 1. The zero-order valence-corrected chi connectivity index (χ0v) is 14.4. The number of hydrogen-bond donors (Lipinski definition) is 1. The number of H-pyrrole nitrogens is 1. The van der Waals surface area contributed by atoms with Crippen LogP contribution in [-0.2, 0) is 0 Å². The number of nitrogens with zero attached hydrogens (tertiary/aromatic N) is 1. The van der Waals surface area contributed by atoms with Crippen molar-refractivity contribution in [2.45, 2.75) is 5.16 Å². The molecule has 0 unspecified atom stereocenters. The van der Waals surface area contributed by atoms with Crippen LogP contribution >= 0.6 is 27.7 Å². The number of fused-ring (bicyclic) bond motifs is 1. The molecule has 0 bridgehead atoms. The molecule has 0 saturated carbocycles. The minimum Gasteiger partial charge on any atom is -0.497 e. The number of benzene rings is 2. The molecule has 3 rings (SSSR count). The molecule has 0 aliphatic heterocycles. The summed E-state index contributed by atoms with van der Waals surface area (Å²) in [5, 5.41) is 0.890. The molecule has 4 nitrogen and oxygen atoms in total. The summed E-state index contributed by atoms with van der Waals surface area (Å²) in [6.45, 7) is 0.626. The third-order valence-electron chi connectivity index (χ3n) is 3.05.